The lowest BCUT2D eigenvalue weighted by molar-refractivity contribution is -0.147. The van der Waals surface area contributed by atoms with E-state index in [-0.39, 0.29) is 24.6 Å². The maximum Gasteiger partial charge on any atom is 0.308 e. The van der Waals surface area contributed by atoms with Gasteiger partial charge in [0.1, 0.15) is 11.9 Å². The lowest BCUT2D eigenvalue weighted by atomic mass is 9.91. The zero-order valence-electron chi connectivity index (χ0n) is 18.1. The van der Waals surface area contributed by atoms with Gasteiger partial charge in [0.25, 0.3) is 5.56 Å². The topological polar surface area (TPSA) is 66.8 Å². The maximum absolute atomic E-state index is 12.5. The number of pyridine rings is 1. The van der Waals surface area contributed by atoms with Crippen LogP contribution in [0.2, 0.25) is 5.02 Å². The normalized spacial score (nSPS) is 17.1. The van der Waals surface area contributed by atoms with E-state index in [4.69, 9.17) is 25.8 Å². The number of halogens is 1. The van der Waals surface area contributed by atoms with Gasteiger partial charge in [-0.25, -0.2) is 0 Å². The van der Waals surface area contributed by atoms with Crippen molar-refractivity contribution in [3.63, 3.8) is 0 Å². The Hall–Kier alpha value is -3.09. The number of nitrogens with zero attached hydrogens (tertiary/aromatic N) is 1. The molecule has 7 heteroatoms. The summed E-state index contributed by atoms with van der Waals surface area (Å²) in [7, 11) is 3.31. The summed E-state index contributed by atoms with van der Waals surface area (Å²) in [6, 6.07) is 14.7. The van der Waals surface area contributed by atoms with Gasteiger partial charge in [0, 0.05) is 29.9 Å². The summed E-state index contributed by atoms with van der Waals surface area (Å²) in [6.45, 7) is 2.03. The summed E-state index contributed by atoms with van der Waals surface area (Å²) in [5.41, 5.74) is 3.96. The molecule has 2 atom stereocenters. The van der Waals surface area contributed by atoms with E-state index in [1.807, 2.05) is 30.3 Å². The largest absolute Gasteiger partial charge is 0.497 e. The van der Waals surface area contributed by atoms with Gasteiger partial charge in [-0.3, -0.25) is 9.59 Å². The molecule has 0 fully saturated rings. The first-order valence-electron chi connectivity index (χ1n) is 10.4. The monoisotopic (exact) mass is 453 g/mol. The fourth-order valence-electron chi connectivity index (χ4n) is 4.00. The summed E-state index contributed by atoms with van der Waals surface area (Å²) in [4.78, 5) is 24.9. The lowest BCUT2D eigenvalue weighted by Gasteiger charge is -2.24. The summed E-state index contributed by atoms with van der Waals surface area (Å²) in [6.07, 6.45) is 0.597. The molecular weight excluding hydrogens is 430 g/mol. The number of hydrogen-bond donors (Lipinski definition) is 0. The van der Waals surface area contributed by atoms with E-state index in [0.29, 0.717) is 16.3 Å². The quantitative estimate of drug-likeness (QED) is 0.518. The van der Waals surface area contributed by atoms with Crippen LogP contribution in [0.3, 0.4) is 0 Å². The van der Waals surface area contributed by atoms with Crippen molar-refractivity contribution in [2.75, 3.05) is 13.7 Å². The number of aryl methyl sites for hydroxylation is 1. The minimum atomic E-state index is -0.669. The van der Waals surface area contributed by atoms with Crippen LogP contribution >= 0.6 is 11.6 Å². The highest BCUT2D eigenvalue weighted by atomic mass is 35.5. The molecule has 1 aliphatic rings. The molecule has 6 nitrogen and oxygen atoms in total. The van der Waals surface area contributed by atoms with Gasteiger partial charge < -0.3 is 18.8 Å². The van der Waals surface area contributed by atoms with E-state index in [0.717, 1.165) is 22.3 Å². The molecule has 4 rings (SSSR count). The van der Waals surface area contributed by atoms with Crippen LogP contribution in [-0.2, 0) is 21.3 Å². The van der Waals surface area contributed by atoms with Crippen molar-refractivity contribution in [3.8, 4) is 16.9 Å². The van der Waals surface area contributed by atoms with E-state index in [2.05, 4.69) is 0 Å². The zero-order chi connectivity index (χ0) is 22.8. The van der Waals surface area contributed by atoms with Gasteiger partial charge in [0.05, 0.1) is 26.2 Å². The molecule has 0 radical (unpaired) electrons. The first-order valence-corrected chi connectivity index (χ1v) is 10.7. The molecule has 0 bridgehead atoms. The average molecular weight is 454 g/mol. The van der Waals surface area contributed by atoms with Crippen LogP contribution in [0.15, 0.2) is 59.5 Å². The van der Waals surface area contributed by atoms with Crippen LogP contribution in [0.1, 0.15) is 42.2 Å². The fraction of sp³-hybridized carbons (Fsp3) is 0.280. The minimum Gasteiger partial charge on any atom is -0.497 e. The number of fused-ring (bicyclic) bond motifs is 3. The highest BCUT2D eigenvalue weighted by Crippen LogP contribution is 2.46. The third-order valence-corrected chi connectivity index (χ3v) is 5.82. The Balaban J connectivity index is 1.95. The number of benzene rings is 2. The molecule has 0 saturated heterocycles. The van der Waals surface area contributed by atoms with Crippen LogP contribution in [0, 0.1) is 0 Å². The molecule has 0 aliphatic carbocycles. The van der Waals surface area contributed by atoms with Crippen molar-refractivity contribution in [3.05, 3.63) is 86.8 Å². The number of carbonyl (C=O) groups is 1. The molecule has 166 valence electrons. The molecule has 2 unspecified atom stereocenters. The molecule has 0 amide bonds. The standard InChI is InChI=1S/C25H24ClNO5/c1-4-31-24(29)13-22-19-12-23(28)27(2)14-21(19)18-10-9-17(30-3)11-20(18)25(32-22)15-5-7-16(26)8-6-15/h5-12,14,22,25H,4,13H2,1-3H3. The van der Waals surface area contributed by atoms with Crippen LogP contribution in [0.4, 0.5) is 0 Å². The van der Waals surface area contributed by atoms with Crippen LogP contribution in [0.25, 0.3) is 11.1 Å². The molecule has 0 saturated carbocycles. The summed E-state index contributed by atoms with van der Waals surface area (Å²) >= 11 is 6.11. The van der Waals surface area contributed by atoms with Crippen molar-refractivity contribution in [1.29, 1.82) is 0 Å². The van der Waals surface area contributed by atoms with Crippen molar-refractivity contribution in [2.24, 2.45) is 7.05 Å². The number of rotatable bonds is 5. The van der Waals surface area contributed by atoms with Gasteiger partial charge in [0.15, 0.2) is 0 Å². The highest BCUT2D eigenvalue weighted by Gasteiger charge is 2.33. The third kappa shape index (κ3) is 4.29. The molecular formula is C25H24ClNO5. The fourth-order valence-corrected chi connectivity index (χ4v) is 4.13. The number of hydrogen-bond acceptors (Lipinski definition) is 5. The smallest absolute Gasteiger partial charge is 0.308 e. The van der Waals surface area contributed by atoms with Crippen molar-refractivity contribution >= 4 is 17.6 Å². The zero-order valence-corrected chi connectivity index (χ0v) is 18.9. The predicted octanol–water partition coefficient (Wildman–Crippen LogP) is 4.83. The van der Waals surface area contributed by atoms with E-state index >= 15 is 0 Å². The SMILES string of the molecule is CCOC(=O)CC1OC(c2ccc(Cl)cc2)c2cc(OC)ccc2-c2cn(C)c(=O)cc21. The second-order valence-corrected chi connectivity index (χ2v) is 8.05. The Morgan fingerprint density at radius 3 is 2.53 bits per heavy atom. The minimum absolute atomic E-state index is 0.0107. The first-order chi connectivity index (χ1) is 15.4. The Labute approximate surface area is 191 Å². The first kappa shape index (κ1) is 22.1. The number of esters is 1. The van der Waals surface area contributed by atoms with Crippen molar-refractivity contribution < 1.29 is 19.0 Å². The summed E-state index contributed by atoms with van der Waals surface area (Å²) in [5, 5.41) is 0.614. The Morgan fingerprint density at radius 1 is 1.09 bits per heavy atom. The number of methoxy groups -OCH3 is 1. The molecule has 0 spiro atoms. The Kier molecular flexibility index (Phi) is 6.35. The average Bonchev–Trinajstić information content (AvgIpc) is 2.90. The number of ether oxygens (including phenoxy) is 3. The second-order valence-electron chi connectivity index (χ2n) is 7.61. The van der Waals surface area contributed by atoms with Gasteiger partial charge in [-0.2, -0.15) is 0 Å². The molecule has 3 aromatic rings. The molecule has 0 N–H and O–H groups in total. The molecule has 1 aromatic heterocycles. The van der Waals surface area contributed by atoms with Crippen molar-refractivity contribution in [1.82, 2.24) is 4.57 Å². The van der Waals surface area contributed by atoms with Gasteiger partial charge in [-0.15, -0.1) is 0 Å². The van der Waals surface area contributed by atoms with Gasteiger partial charge in [-0.1, -0.05) is 29.8 Å². The van der Waals surface area contributed by atoms with Crippen LogP contribution < -0.4 is 10.3 Å². The van der Waals surface area contributed by atoms with Gasteiger partial charge in [0.2, 0.25) is 0 Å². The Morgan fingerprint density at radius 2 is 1.84 bits per heavy atom. The van der Waals surface area contributed by atoms with Crippen LogP contribution in [0.5, 0.6) is 5.75 Å². The van der Waals surface area contributed by atoms with E-state index in [9.17, 15) is 9.59 Å². The summed E-state index contributed by atoms with van der Waals surface area (Å²) in [5.74, 6) is 0.295. The van der Waals surface area contributed by atoms with E-state index in [1.54, 1.807) is 39.4 Å². The molecule has 2 heterocycles. The van der Waals surface area contributed by atoms with Crippen LogP contribution in [-0.4, -0.2) is 24.3 Å². The second kappa shape index (κ2) is 9.18. The van der Waals surface area contributed by atoms with E-state index < -0.39 is 12.2 Å². The van der Waals surface area contributed by atoms with E-state index in [1.165, 1.54) is 10.6 Å². The van der Waals surface area contributed by atoms with Gasteiger partial charge in [-0.05, 0) is 53.4 Å². The lowest BCUT2D eigenvalue weighted by Crippen LogP contribution is -2.20. The summed E-state index contributed by atoms with van der Waals surface area (Å²) < 4.78 is 18.7. The van der Waals surface area contributed by atoms with Gasteiger partial charge >= 0.3 is 5.97 Å². The van der Waals surface area contributed by atoms with Crippen molar-refractivity contribution in [2.45, 2.75) is 25.6 Å². The molecule has 32 heavy (non-hydrogen) atoms. The number of aromatic nitrogens is 1. The molecule has 2 aromatic carbocycles. The molecule has 1 aliphatic heterocycles. The third-order valence-electron chi connectivity index (χ3n) is 5.57. The Bertz CT molecular complexity index is 1200. The number of carbonyl (C=O) groups excluding carboxylic acids is 1. The highest BCUT2D eigenvalue weighted by molar-refractivity contribution is 6.30. The predicted molar refractivity (Wildman–Crippen MR) is 122 cm³/mol. The maximum atomic E-state index is 12.5.